The lowest BCUT2D eigenvalue weighted by atomic mass is 10.1. The van der Waals surface area contributed by atoms with E-state index in [1.54, 1.807) is 0 Å². The average Bonchev–Trinajstić information content (AvgIpc) is 3.05. The van der Waals surface area contributed by atoms with Crippen LogP contribution in [-0.2, 0) is 0 Å². The van der Waals surface area contributed by atoms with Crippen LogP contribution in [0.5, 0.6) is 0 Å². The van der Waals surface area contributed by atoms with E-state index >= 15 is 0 Å². The van der Waals surface area contributed by atoms with Crippen molar-refractivity contribution in [2.75, 3.05) is 12.4 Å². The predicted octanol–water partition coefficient (Wildman–Crippen LogP) is 4.72. The quantitative estimate of drug-likeness (QED) is 0.591. The van der Waals surface area contributed by atoms with Crippen molar-refractivity contribution in [2.24, 2.45) is 0 Å². The number of hydrogen-bond acceptors (Lipinski definition) is 3. The van der Waals surface area contributed by atoms with Gasteiger partial charge in [-0.25, -0.2) is 9.97 Å². The fraction of sp³-hybridized carbons (Fsp3) is 0.143. The van der Waals surface area contributed by atoms with Gasteiger partial charge in [0.15, 0.2) is 0 Å². The molecule has 124 valence electrons. The third kappa shape index (κ3) is 2.76. The zero-order chi connectivity index (χ0) is 17.4. The molecule has 0 aliphatic heterocycles. The Balaban J connectivity index is 1.78. The van der Waals surface area contributed by atoms with E-state index in [-0.39, 0.29) is 0 Å². The van der Waals surface area contributed by atoms with Crippen molar-refractivity contribution < 1.29 is 0 Å². The van der Waals surface area contributed by atoms with E-state index < -0.39 is 0 Å². The summed E-state index contributed by atoms with van der Waals surface area (Å²) in [5, 5.41) is 3.10. The first-order valence-corrected chi connectivity index (χ1v) is 8.34. The Labute approximate surface area is 147 Å². The molecule has 4 aromatic rings. The highest BCUT2D eigenvalue weighted by Crippen LogP contribution is 2.26. The summed E-state index contributed by atoms with van der Waals surface area (Å²) in [6.45, 7) is 4.17. The van der Waals surface area contributed by atoms with Crippen molar-refractivity contribution in [1.29, 1.82) is 0 Å². The maximum atomic E-state index is 4.60. The van der Waals surface area contributed by atoms with Crippen LogP contribution in [0, 0.1) is 13.8 Å². The molecule has 4 nitrogen and oxygen atoms in total. The minimum Gasteiger partial charge on any atom is -0.373 e. The summed E-state index contributed by atoms with van der Waals surface area (Å²) >= 11 is 0. The minimum atomic E-state index is 0.910. The predicted molar refractivity (Wildman–Crippen MR) is 103 cm³/mol. The number of imidazole rings is 1. The number of fused-ring (bicyclic) bond motifs is 1. The highest BCUT2D eigenvalue weighted by molar-refractivity contribution is 5.71. The fourth-order valence-corrected chi connectivity index (χ4v) is 3.17. The Morgan fingerprint density at radius 3 is 2.52 bits per heavy atom. The zero-order valence-corrected chi connectivity index (χ0v) is 14.6. The van der Waals surface area contributed by atoms with Crippen molar-refractivity contribution in [2.45, 2.75) is 13.8 Å². The highest BCUT2D eigenvalue weighted by Gasteiger charge is 2.08. The van der Waals surface area contributed by atoms with Gasteiger partial charge in [-0.3, -0.25) is 4.40 Å². The third-order valence-corrected chi connectivity index (χ3v) is 4.48. The number of pyridine rings is 2. The molecule has 0 bridgehead atoms. The van der Waals surface area contributed by atoms with Gasteiger partial charge in [0, 0.05) is 30.6 Å². The number of nitrogens with one attached hydrogen (secondary N) is 1. The minimum absolute atomic E-state index is 0.910. The number of aromatic nitrogens is 3. The van der Waals surface area contributed by atoms with Gasteiger partial charge in [-0.1, -0.05) is 23.8 Å². The standard InChI is InChI=1S/C21H20N4/c1-14-5-4-6-17(9-14)19-13-23-20-11-16(7-8-25(19)20)18-10-15(2)21(22-3)24-12-18/h4-13H,1-3H3,(H,22,24). The smallest absolute Gasteiger partial charge is 0.137 e. The number of benzene rings is 1. The van der Waals surface area contributed by atoms with Crippen LogP contribution in [0.2, 0.25) is 0 Å². The Kier molecular flexibility index (Phi) is 3.73. The highest BCUT2D eigenvalue weighted by atomic mass is 15.0. The average molecular weight is 328 g/mol. The van der Waals surface area contributed by atoms with E-state index in [9.17, 15) is 0 Å². The second-order valence-electron chi connectivity index (χ2n) is 6.30. The number of anilines is 1. The molecule has 0 unspecified atom stereocenters. The normalized spacial score (nSPS) is 11.0. The summed E-state index contributed by atoms with van der Waals surface area (Å²) < 4.78 is 2.13. The van der Waals surface area contributed by atoms with Crippen molar-refractivity contribution >= 4 is 11.5 Å². The molecule has 0 spiro atoms. The number of rotatable bonds is 3. The molecule has 0 atom stereocenters. The molecule has 0 fully saturated rings. The fourth-order valence-electron chi connectivity index (χ4n) is 3.17. The number of hydrogen-bond donors (Lipinski definition) is 1. The van der Waals surface area contributed by atoms with Gasteiger partial charge in [-0.05, 0) is 49.2 Å². The van der Waals surface area contributed by atoms with Gasteiger partial charge in [0.25, 0.3) is 0 Å². The van der Waals surface area contributed by atoms with Crippen LogP contribution >= 0.6 is 0 Å². The van der Waals surface area contributed by atoms with Crippen LogP contribution < -0.4 is 5.32 Å². The zero-order valence-electron chi connectivity index (χ0n) is 14.6. The van der Waals surface area contributed by atoms with Crippen LogP contribution in [0.25, 0.3) is 28.0 Å². The lowest BCUT2D eigenvalue weighted by Gasteiger charge is -2.08. The Bertz CT molecular complexity index is 1060. The van der Waals surface area contributed by atoms with E-state index in [0.29, 0.717) is 0 Å². The molecule has 1 N–H and O–H groups in total. The molecule has 0 saturated carbocycles. The summed E-state index contributed by atoms with van der Waals surface area (Å²) in [6, 6.07) is 14.9. The van der Waals surface area contributed by atoms with Gasteiger partial charge < -0.3 is 5.32 Å². The van der Waals surface area contributed by atoms with E-state index in [0.717, 1.165) is 33.8 Å². The molecule has 1 aromatic carbocycles. The molecule has 0 aliphatic rings. The van der Waals surface area contributed by atoms with Gasteiger partial charge in [-0.2, -0.15) is 0 Å². The summed E-state index contributed by atoms with van der Waals surface area (Å²) in [4.78, 5) is 9.07. The van der Waals surface area contributed by atoms with Gasteiger partial charge in [0.1, 0.15) is 11.5 Å². The maximum absolute atomic E-state index is 4.60. The van der Waals surface area contributed by atoms with E-state index in [4.69, 9.17) is 0 Å². The Morgan fingerprint density at radius 2 is 1.76 bits per heavy atom. The first-order chi connectivity index (χ1) is 12.2. The van der Waals surface area contributed by atoms with Crippen molar-refractivity contribution in [3.8, 4) is 22.4 Å². The molecule has 4 rings (SSSR count). The van der Waals surface area contributed by atoms with Crippen LogP contribution in [0.3, 0.4) is 0 Å². The van der Waals surface area contributed by atoms with E-state index in [1.807, 2.05) is 19.4 Å². The molecule has 3 heterocycles. The molecule has 3 aromatic heterocycles. The summed E-state index contributed by atoms with van der Waals surface area (Å²) in [7, 11) is 1.89. The van der Waals surface area contributed by atoms with Crippen molar-refractivity contribution in [3.05, 3.63) is 72.2 Å². The van der Waals surface area contributed by atoms with Crippen molar-refractivity contribution in [1.82, 2.24) is 14.4 Å². The first kappa shape index (κ1) is 15.4. The van der Waals surface area contributed by atoms with Gasteiger partial charge >= 0.3 is 0 Å². The lowest BCUT2D eigenvalue weighted by Crippen LogP contribution is -1.96. The maximum Gasteiger partial charge on any atom is 0.137 e. The largest absolute Gasteiger partial charge is 0.373 e. The molecule has 0 aliphatic carbocycles. The van der Waals surface area contributed by atoms with Crippen LogP contribution in [0.1, 0.15) is 11.1 Å². The van der Waals surface area contributed by atoms with Gasteiger partial charge in [0.2, 0.25) is 0 Å². The number of nitrogens with zero attached hydrogens (tertiary/aromatic N) is 3. The third-order valence-electron chi connectivity index (χ3n) is 4.48. The van der Waals surface area contributed by atoms with Gasteiger partial charge in [-0.15, -0.1) is 0 Å². The Hall–Kier alpha value is -3.14. The molecule has 4 heteroatoms. The second kappa shape index (κ2) is 6.06. The van der Waals surface area contributed by atoms with Crippen LogP contribution in [0.15, 0.2) is 61.1 Å². The molecular weight excluding hydrogens is 308 g/mol. The van der Waals surface area contributed by atoms with E-state index in [2.05, 4.69) is 82.2 Å². The number of aryl methyl sites for hydroxylation is 2. The van der Waals surface area contributed by atoms with Gasteiger partial charge in [0.05, 0.1) is 11.9 Å². The van der Waals surface area contributed by atoms with Crippen LogP contribution in [-0.4, -0.2) is 21.4 Å². The molecule has 0 radical (unpaired) electrons. The van der Waals surface area contributed by atoms with E-state index in [1.165, 1.54) is 11.1 Å². The lowest BCUT2D eigenvalue weighted by molar-refractivity contribution is 1.19. The van der Waals surface area contributed by atoms with Crippen LogP contribution in [0.4, 0.5) is 5.82 Å². The molecule has 0 amide bonds. The second-order valence-corrected chi connectivity index (χ2v) is 6.30. The van der Waals surface area contributed by atoms with Crippen molar-refractivity contribution in [3.63, 3.8) is 0 Å². The first-order valence-electron chi connectivity index (χ1n) is 8.34. The Morgan fingerprint density at radius 1 is 0.880 bits per heavy atom. The monoisotopic (exact) mass is 328 g/mol. The molecule has 0 saturated heterocycles. The SMILES string of the molecule is CNc1ncc(-c2ccn3c(-c4cccc(C)c4)cnc3c2)cc1C. The molecular formula is C21H20N4. The topological polar surface area (TPSA) is 42.2 Å². The summed E-state index contributed by atoms with van der Waals surface area (Å²) in [5.74, 6) is 0.910. The molecule has 25 heavy (non-hydrogen) atoms. The summed E-state index contributed by atoms with van der Waals surface area (Å²) in [5.41, 5.74) is 7.80. The summed E-state index contributed by atoms with van der Waals surface area (Å²) in [6.07, 6.45) is 5.91.